The third-order valence-corrected chi connectivity index (χ3v) is 7.94. The monoisotopic (exact) mass is 462 g/mol. The molecule has 2 heterocycles. The molecule has 2 aromatic rings. The molecule has 0 bridgehead atoms. The lowest BCUT2D eigenvalue weighted by molar-refractivity contribution is -0.117. The number of hydrogen-bond donors (Lipinski definition) is 2. The number of benzene rings is 1. The lowest BCUT2D eigenvalue weighted by Gasteiger charge is -2.25. The van der Waals surface area contributed by atoms with Crippen molar-refractivity contribution in [2.24, 2.45) is 0 Å². The molecule has 1 saturated heterocycles. The maximum atomic E-state index is 12.7. The molecule has 1 aliphatic rings. The van der Waals surface area contributed by atoms with Crippen LogP contribution in [0.3, 0.4) is 0 Å². The molecule has 1 fully saturated rings. The van der Waals surface area contributed by atoms with E-state index in [2.05, 4.69) is 15.6 Å². The van der Waals surface area contributed by atoms with E-state index < -0.39 is 22.0 Å². The Hall–Kier alpha value is -2.43. The summed E-state index contributed by atoms with van der Waals surface area (Å²) in [5, 5.41) is 5.45. The van der Waals surface area contributed by atoms with E-state index in [4.69, 9.17) is 0 Å². The number of aryl methyl sites for hydroxylation is 1. The zero-order valence-corrected chi connectivity index (χ0v) is 19.2. The summed E-state index contributed by atoms with van der Waals surface area (Å²) in [4.78, 5) is 28.4. The molecule has 1 aromatic heterocycles. The largest absolute Gasteiger partial charge is 0.325 e. The molecule has 166 valence electrons. The number of urea groups is 1. The minimum absolute atomic E-state index is 0.0224. The van der Waals surface area contributed by atoms with E-state index in [1.54, 1.807) is 12.1 Å². The Labute approximate surface area is 186 Å². The third kappa shape index (κ3) is 6.05. The second-order valence-electron chi connectivity index (χ2n) is 7.34. The van der Waals surface area contributed by atoms with E-state index in [-0.39, 0.29) is 10.6 Å². The summed E-state index contributed by atoms with van der Waals surface area (Å²) in [6.07, 6.45) is 4.10. The number of thioether (sulfide) groups is 1. The summed E-state index contributed by atoms with van der Waals surface area (Å²) in [7, 11) is -3.53. The molecule has 3 rings (SSSR count). The topological polar surface area (TPSA) is 108 Å². The number of anilines is 1. The van der Waals surface area contributed by atoms with Crippen molar-refractivity contribution in [3.63, 3.8) is 0 Å². The smallest absolute Gasteiger partial charge is 0.307 e. The Morgan fingerprint density at radius 1 is 1.10 bits per heavy atom. The van der Waals surface area contributed by atoms with Crippen molar-refractivity contribution in [2.45, 2.75) is 43.0 Å². The van der Waals surface area contributed by atoms with E-state index in [0.29, 0.717) is 23.8 Å². The average molecular weight is 463 g/mol. The van der Waals surface area contributed by atoms with Gasteiger partial charge >= 0.3 is 6.03 Å². The second kappa shape index (κ2) is 10.3. The molecule has 0 saturated carbocycles. The molecule has 3 amide bonds. The van der Waals surface area contributed by atoms with Gasteiger partial charge in [0.05, 0.1) is 10.8 Å². The van der Waals surface area contributed by atoms with Crippen molar-refractivity contribution in [3.8, 4) is 0 Å². The number of nitrogens with one attached hydrogen (secondary N) is 2. The zero-order chi connectivity index (χ0) is 22.4. The van der Waals surface area contributed by atoms with E-state index in [0.717, 1.165) is 42.2 Å². The number of piperidine rings is 1. The van der Waals surface area contributed by atoms with Gasteiger partial charge in [-0.15, -0.1) is 0 Å². The summed E-state index contributed by atoms with van der Waals surface area (Å²) >= 11 is 1.13. The average Bonchev–Trinajstić information content (AvgIpc) is 2.76. The summed E-state index contributed by atoms with van der Waals surface area (Å²) < 4.78 is 26.8. The fraction of sp³-hybridized carbons (Fsp3) is 0.381. The van der Waals surface area contributed by atoms with Crippen molar-refractivity contribution in [1.82, 2.24) is 14.6 Å². The second-order valence-corrected chi connectivity index (χ2v) is 10.3. The fourth-order valence-electron chi connectivity index (χ4n) is 3.20. The summed E-state index contributed by atoms with van der Waals surface area (Å²) in [6, 6.07) is 8.02. The molecule has 10 heteroatoms. The van der Waals surface area contributed by atoms with E-state index in [1.807, 2.05) is 26.0 Å². The van der Waals surface area contributed by atoms with Gasteiger partial charge in [-0.25, -0.2) is 18.2 Å². The van der Waals surface area contributed by atoms with Crippen LogP contribution in [-0.2, 0) is 14.8 Å². The van der Waals surface area contributed by atoms with Gasteiger partial charge < -0.3 is 5.32 Å². The third-order valence-electron chi connectivity index (χ3n) is 5.12. The molecule has 0 unspecified atom stereocenters. The normalized spacial score (nSPS) is 14.8. The van der Waals surface area contributed by atoms with Gasteiger partial charge in [0.2, 0.25) is 15.9 Å². The van der Waals surface area contributed by atoms with Crippen molar-refractivity contribution in [3.05, 3.63) is 47.7 Å². The molecule has 2 N–H and O–H groups in total. The van der Waals surface area contributed by atoms with Crippen molar-refractivity contribution >= 4 is 39.4 Å². The summed E-state index contributed by atoms with van der Waals surface area (Å²) in [6.45, 7) is 4.89. The van der Waals surface area contributed by atoms with Crippen LogP contribution in [0.15, 0.2) is 46.5 Å². The number of rotatable bonds is 6. The van der Waals surface area contributed by atoms with Crippen LogP contribution in [-0.4, -0.2) is 48.5 Å². The Morgan fingerprint density at radius 3 is 2.52 bits per heavy atom. The number of hydrogen-bond acceptors (Lipinski definition) is 6. The van der Waals surface area contributed by atoms with Gasteiger partial charge in [0.1, 0.15) is 4.90 Å². The minimum Gasteiger partial charge on any atom is -0.307 e. The molecular formula is C21H26N4O4S2. The molecular weight excluding hydrogens is 436 g/mol. The zero-order valence-electron chi connectivity index (χ0n) is 17.6. The number of amides is 3. The van der Waals surface area contributed by atoms with Crippen molar-refractivity contribution in [2.75, 3.05) is 24.2 Å². The fourth-order valence-corrected chi connectivity index (χ4v) is 5.31. The highest BCUT2D eigenvalue weighted by Gasteiger charge is 2.26. The lowest BCUT2D eigenvalue weighted by atomic mass is 10.1. The summed E-state index contributed by atoms with van der Waals surface area (Å²) in [5.41, 5.74) is 2.62. The van der Waals surface area contributed by atoms with Crippen molar-refractivity contribution in [1.29, 1.82) is 0 Å². The predicted octanol–water partition coefficient (Wildman–Crippen LogP) is 3.31. The molecule has 8 nitrogen and oxygen atoms in total. The van der Waals surface area contributed by atoms with Crippen LogP contribution in [0.25, 0.3) is 0 Å². The predicted molar refractivity (Wildman–Crippen MR) is 121 cm³/mol. The molecule has 0 spiro atoms. The van der Waals surface area contributed by atoms with Crippen LogP contribution in [0.2, 0.25) is 0 Å². The van der Waals surface area contributed by atoms with Gasteiger partial charge in [-0.3, -0.25) is 10.1 Å². The van der Waals surface area contributed by atoms with E-state index in [1.165, 1.54) is 16.6 Å². The maximum absolute atomic E-state index is 12.7. The maximum Gasteiger partial charge on any atom is 0.325 e. The highest BCUT2D eigenvalue weighted by atomic mass is 32.2. The van der Waals surface area contributed by atoms with Crippen LogP contribution in [0.5, 0.6) is 0 Å². The highest BCUT2D eigenvalue weighted by molar-refractivity contribution is 7.99. The lowest BCUT2D eigenvalue weighted by Crippen LogP contribution is -2.35. The van der Waals surface area contributed by atoms with Gasteiger partial charge in [-0.2, -0.15) is 4.31 Å². The van der Waals surface area contributed by atoms with Gasteiger partial charge in [-0.05, 0) is 56.0 Å². The quantitative estimate of drug-likeness (QED) is 0.638. The Balaban J connectivity index is 1.51. The Kier molecular flexibility index (Phi) is 7.69. The number of aromatic nitrogens is 1. The molecule has 0 atom stereocenters. The number of imide groups is 1. The first-order valence-electron chi connectivity index (χ1n) is 10.0. The van der Waals surface area contributed by atoms with Gasteiger partial charge in [0.25, 0.3) is 0 Å². The van der Waals surface area contributed by atoms with E-state index >= 15 is 0 Å². The number of nitrogens with zero attached hydrogens (tertiary/aromatic N) is 2. The van der Waals surface area contributed by atoms with Crippen molar-refractivity contribution < 1.29 is 18.0 Å². The minimum atomic E-state index is -3.53. The van der Waals surface area contributed by atoms with Gasteiger partial charge in [0.15, 0.2) is 0 Å². The van der Waals surface area contributed by atoms with Crippen LogP contribution >= 0.6 is 11.8 Å². The Morgan fingerprint density at radius 2 is 1.84 bits per heavy atom. The number of sulfonamides is 1. The van der Waals surface area contributed by atoms with Crippen LogP contribution in [0, 0.1) is 13.8 Å². The van der Waals surface area contributed by atoms with Gasteiger partial charge in [0, 0.05) is 25.0 Å². The molecule has 0 aliphatic carbocycles. The van der Waals surface area contributed by atoms with Crippen LogP contribution in [0.1, 0.15) is 30.4 Å². The molecule has 0 radical (unpaired) electrons. The van der Waals surface area contributed by atoms with E-state index in [9.17, 15) is 18.0 Å². The van der Waals surface area contributed by atoms with Crippen LogP contribution in [0.4, 0.5) is 10.5 Å². The highest BCUT2D eigenvalue weighted by Crippen LogP contribution is 2.22. The molecule has 31 heavy (non-hydrogen) atoms. The van der Waals surface area contributed by atoms with Gasteiger partial charge in [-0.1, -0.05) is 30.3 Å². The SMILES string of the molecule is Cc1cccc(NC(=O)NC(=O)CSc2ccc(S(=O)(=O)N3CCCCC3)cn2)c1C. The standard InChI is InChI=1S/C21H26N4O4S2/c1-15-7-6-8-18(16(15)2)23-21(27)24-19(26)14-30-20-10-9-17(13-22-20)31(28,29)25-11-4-3-5-12-25/h6-10,13H,3-5,11-12,14H2,1-2H3,(H2,23,24,26,27). The number of carbonyl (C=O) groups excluding carboxylic acids is 2. The molecule has 1 aromatic carbocycles. The first-order chi connectivity index (χ1) is 14.8. The molecule has 1 aliphatic heterocycles. The number of carbonyl (C=O) groups is 2. The first-order valence-corrected chi connectivity index (χ1v) is 12.5. The first kappa shape index (κ1) is 23.2. The number of pyridine rings is 1. The summed E-state index contributed by atoms with van der Waals surface area (Å²) in [5.74, 6) is -0.495. The Bertz CT molecular complexity index is 1050. The van der Waals surface area contributed by atoms with Crippen LogP contribution < -0.4 is 10.6 Å².